The van der Waals surface area contributed by atoms with Crippen molar-refractivity contribution >= 4 is 34.3 Å². The van der Waals surface area contributed by atoms with Gasteiger partial charge in [0.2, 0.25) is 0 Å². The van der Waals surface area contributed by atoms with Gasteiger partial charge in [-0.25, -0.2) is 9.78 Å². The molecule has 2 aromatic carbocycles. The monoisotopic (exact) mass is 454 g/mol. The van der Waals surface area contributed by atoms with Crippen molar-refractivity contribution in [1.82, 2.24) is 4.57 Å². The molecule has 0 atom stereocenters. The molecule has 0 saturated carbocycles. The van der Waals surface area contributed by atoms with Gasteiger partial charge in [0.15, 0.2) is 0 Å². The van der Waals surface area contributed by atoms with Gasteiger partial charge in [-0.2, -0.15) is 4.57 Å². The van der Waals surface area contributed by atoms with Crippen LogP contribution in [0.25, 0.3) is 10.9 Å². The number of nitrogens with zero attached hydrogens (tertiary/aromatic N) is 1. The molecule has 6 nitrogen and oxygen atoms in total. The van der Waals surface area contributed by atoms with Crippen LogP contribution in [-0.4, -0.2) is 28.4 Å². The minimum absolute atomic E-state index is 0.0394. The van der Waals surface area contributed by atoms with E-state index in [-0.39, 0.29) is 11.5 Å². The Labute approximate surface area is 193 Å². The van der Waals surface area contributed by atoms with E-state index in [0.717, 1.165) is 34.8 Å². The number of carbonyl (C=O) groups excluding carboxylic acids is 1. The predicted molar refractivity (Wildman–Crippen MR) is 130 cm³/mol. The number of hydrogen-bond acceptors (Lipinski definition) is 5. The van der Waals surface area contributed by atoms with Gasteiger partial charge >= 0.3 is 11.5 Å². The largest absolute Gasteiger partial charge is 0.465 e. The third-order valence-corrected chi connectivity index (χ3v) is 6.34. The number of nitrogens with one attached hydrogen (secondary N) is 2. The maximum atomic E-state index is 13.0. The van der Waals surface area contributed by atoms with Crippen molar-refractivity contribution in [2.45, 2.75) is 56.7 Å². The summed E-state index contributed by atoms with van der Waals surface area (Å²) in [5.74, 6) is 0.735. The molecule has 1 heterocycles. The highest BCUT2D eigenvalue weighted by molar-refractivity contribution is 8.01. The van der Waals surface area contributed by atoms with Gasteiger partial charge in [0.05, 0.1) is 13.2 Å². The number of aryl methyl sites for hydroxylation is 1. The van der Waals surface area contributed by atoms with E-state index in [1.165, 1.54) is 11.8 Å². The first kappa shape index (κ1) is 23.9. The fraction of sp³-hybridized carbons (Fsp3) is 0.400. The molecule has 3 rings (SSSR count). The molecule has 1 aromatic heterocycles. The smallest absolute Gasteiger partial charge is 0.345 e. The Hall–Kier alpha value is -2.80. The normalized spacial score (nSPS) is 11.5. The van der Waals surface area contributed by atoms with Crippen molar-refractivity contribution in [3.8, 4) is 0 Å². The van der Waals surface area contributed by atoms with Crippen LogP contribution in [0.5, 0.6) is 0 Å². The minimum atomic E-state index is -0.644. The lowest BCUT2D eigenvalue weighted by atomic mass is 10.2. The van der Waals surface area contributed by atoms with Crippen LogP contribution >= 0.6 is 11.8 Å². The van der Waals surface area contributed by atoms with Crippen LogP contribution in [0.4, 0.5) is 5.69 Å². The summed E-state index contributed by atoms with van der Waals surface area (Å²) in [5, 5.41) is 4.10. The van der Waals surface area contributed by atoms with E-state index < -0.39 is 4.75 Å². The maximum absolute atomic E-state index is 13.0. The zero-order chi connectivity index (χ0) is 23.1. The lowest BCUT2D eigenvalue weighted by Gasteiger charge is -2.21. The summed E-state index contributed by atoms with van der Waals surface area (Å²) in [6.45, 7) is 9.24. The molecular weight excluding hydrogens is 422 g/mol. The molecule has 0 amide bonds. The predicted octanol–water partition coefficient (Wildman–Crippen LogP) is 4.31. The molecular formula is C25H32N3O3S+. The average molecular weight is 455 g/mol. The first-order chi connectivity index (χ1) is 15.4. The number of fused-ring (bicyclic) bond motifs is 1. The van der Waals surface area contributed by atoms with Crippen molar-refractivity contribution in [3.63, 3.8) is 0 Å². The number of thioether (sulfide) groups is 1. The van der Waals surface area contributed by atoms with E-state index in [1.807, 2.05) is 73.9 Å². The number of para-hydroxylation sites is 1. The van der Waals surface area contributed by atoms with Crippen molar-refractivity contribution in [3.05, 3.63) is 64.7 Å². The number of esters is 1. The SMILES string of the molecule is CCCc1[nH+]c2ccccc2c(=O)n1CCNc1ccc(SC(C)(C)C(=O)OCC)cc1. The number of H-pyrrole nitrogens is 1. The molecule has 0 bridgehead atoms. The second-order valence-corrected chi connectivity index (χ2v) is 9.80. The highest BCUT2D eigenvalue weighted by atomic mass is 32.2. The van der Waals surface area contributed by atoms with Crippen molar-refractivity contribution < 1.29 is 14.5 Å². The van der Waals surface area contributed by atoms with Crippen LogP contribution in [-0.2, 0) is 22.5 Å². The van der Waals surface area contributed by atoms with Gasteiger partial charge in [-0.1, -0.05) is 19.1 Å². The van der Waals surface area contributed by atoms with E-state index in [9.17, 15) is 9.59 Å². The third-order valence-electron chi connectivity index (χ3n) is 5.15. The molecule has 0 aliphatic carbocycles. The maximum Gasteiger partial charge on any atom is 0.345 e. The van der Waals surface area contributed by atoms with Crippen LogP contribution in [0, 0.1) is 0 Å². The number of benzene rings is 2. The van der Waals surface area contributed by atoms with Crippen LogP contribution < -0.4 is 15.9 Å². The van der Waals surface area contributed by atoms with Crippen molar-refractivity contribution in [2.75, 3.05) is 18.5 Å². The molecule has 0 unspecified atom stereocenters. The summed E-state index contributed by atoms with van der Waals surface area (Å²) in [7, 11) is 0. The van der Waals surface area contributed by atoms with E-state index >= 15 is 0 Å². The standard InChI is InChI=1S/C25H31N3O3S/c1-5-9-22-27-21-11-8-7-10-20(21)23(29)28(22)17-16-26-18-12-14-19(15-13-18)32-25(3,4)24(30)31-6-2/h7-8,10-15,26H,5-6,9,16-17H2,1-4H3/p+1. The van der Waals surface area contributed by atoms with Crippen LogP contribution in [0.1, 0.15) is 39.9 Å². The van der Waals surface area contributed by atoms with Gasteiger partial charge in [0.1, 0.15) is 22.2 Å². The highest BCUT2D eigenvalue weighted by Gasteiger charge is 2.30. The van der Waals surface area contributed by atoms with Gasteiger partial charge in [-0.05, 0) is 63.6 Å². The Bertz CT molecular complexity index is 1120. The Morgan fingerprint density at radius 2 is 1.84 bits per heavy atom. The summed E-state index contributed by atoms with van der Waals surface area (Å²) in [4.78, 5) is 29.6. The van der Waals surface area contributed by atoms with Crippen LogP contribution in [0.3, 0.4) is 0 Å². The molecule has 0 aliphatic heterocycles. The van der Waals surface area contributed by atoms with Gasteiger partial charge < -0.3 is 10.1 Å². The second kappa shape index (κ2) is 10.7. The topological polar surface area (TPSA) is 74.5 Å². The fourth-order valence-corrected chi connectivity index (χ4v) is 4.54. The molecule has 3 aromatic rings. The number of hydrogen-bond donors (Lipinski definition) is 1. The lowest BCUT2D eigenvalue weighted by Crippen LogP contribution is -2.34. The molecule has 7 heteroatoms. The van der Waals surface area contributed by atoms with Gasteiger partial charge in [-0.3, -0.25) is 4.79 Å². The van der Waals surface area contributed by atoms with Gasteiger partial charge in [-0.15, -0.1) is 11.8 Å². The summed E-state index contributed by atoms with van der Waals surface area (Å²) >= 11 is 1.48. The third kappa shape index (κ3) is 5.71. The summed E-state index contributed by atoms with van der Waals surface area (Å²) < 4.78 is 6.35. The number of anilines is 1. The Balaban J connectivity index is 1.66. The molecule has 0 fully saturated rings. The molecule has 0 radical (unpaired) electrons. The van der Waals surface area contributed by atoms with E-state index in [4.69, 9.17) is 4.74 Å². The lowest BCUT2D eigenvalue weighted by molar-refractivity contribution is -0.367. The van der Waals surface area contributed by atoms with Gasteiger partial charge in [0, 0.05) is 17.0 Å². The number of ether oxygens (including phenoxy) is 1. The van der Waals surface area contributed by atoms with Crippen LogP contribution in [0.2, 0.25) is 0 Å². The minimum Gasteiger partial charge on any atom is -0.465 e. The Morgan fingerprint density at radius 1 is 1.12 bits per heavy atom. The zero-order valence-corrected chi connectivity index (χ0v) is 20.1. The molecule has 170 valence electrons. The number of carbonyl (C=O) groups is 1. The molecule has 0 aliphatic rings. The Morgan fingerprint density at radius 3 is 2.53 bits per heavy atom. The summed E-state index contributed by atoms with van der Waals surface area (Å²) in [5.41, 5.74) is 1.89. The second-order valence-electron chi connectivity index (χ2n) is 8.11. The zero-order valence-electron chi connectivity index (χ0n) is 19.2. The molecule has 32 heavy (non-hydrogen) atoms. The first-order valence-corrected chi connectivity index (χ1v) is 11.9. The van der Waals surface area contributed by atoms with Gasteiger partial charge in [0.25, 0.3) is 5.82 Å². The summed E-state index contributed by atoms with van der Waals surface area (Å²) in [6.07, 6.45) is 1.78. The molecule has 0 saturated heterocycles. The van der Waals surface area contributed by atoms with E-state index in [0.29, 0.717) is 25.1 Å². The molecule has 2 N–H and O–H groups in total. The average Bonchev–Trinajstić information content (AvgIpc) is 2.77. The molecule has 0 spiro atoms. The van der Waals surface area contributed by atoms with Crippen molar-refractivity contribution in [2.24, 2.45) is 0 Å². The van der Waals surface area contributed by atoms with Crippen molar-refractivity contribution in [1.29, 1.82) is 0 Å². The highest BCUT2D eigenvalue weighted by Crippen LogP contribution is 2.34. The number of rotatable bonds is 10. The van der Waals surface area contributed by atoms with Crippen LogP contribution in [0.15, 0.2) is 58.2 Å². The number of aromatic amines is 1. The van der Waals surface area contributed by atoms with E-state index in [2.05, 4.69) is 17.2 Å². The Kier molecular flexibility index (Phi) is 7.96. The fourth-order valence-electron chi connectivity index (χ4n) is 3.53. The first-order valence-electron chi connectivity index (χ1n) is 11.1. The number of aromatic nitrogens is 2. The quantitative estimate of drug-likeness (QED) is 0.365. The van der Waals surface area contributed by atoms with E-state index in [1.54, 1.807) is 0 Å². The summed E-state index contributed by atoms with van der Waals surface area (Å²) in [6, 6.07) is 15.6.